The molecule has 0 saturated carbocycles. The van der Waals surface area contributed by atoms with E-state index in [0.717, 1.165) is 12.1 Å². The molecular weight excluding hydrogens is 206 g/mol. The van der Waals surface area contributed by atoms with Crippen LogP contribution in [0.15, 0.2) is 12.4 Å². The number of likely N-dealkylation sites (N-methyl/N-ethyl adjacent to an activating group) is 1. The van der Waals surface area contributed by atoms with E-state index in [1.807, 2.05) is 25.9 Å². The molecule has 0 saturated heterocycles. The number of nitrogens with zero attached hydrogens (tertiary/aromatic N) is 3. The first-order valence-electron chi connectivity index (χ1n) is 5.14. The molecule has 16 heavy (non-hydrogen) atoms. The van der Waals surface area contributed by atoms with Crippen molar-refractivity contribution in [2.75, 3.05) is 33.9 Å². The maximum atomic E-state index is 11.5. The van der Waals surface area contributed by atoms with Gasteiger partial charge >= 0.3 is 0 Å². The summed E-state index contributed by atoms with van der Waals surface area (Å²) in [5.74, 6) is 0.0363. The van der Waals surface area contributed by atoms with E-state index in [4.69, 9.17) is 4.74 Å². The fourth-order valence-corrected chi connectivity index (χ4v) is 1.01. The lowest BCUT2D eigenvalue weighted by atomic mass is 10.3. The van der Waals surface area contributed by atoms with Crippen LogP contribution >= 0.6 is 0 Å². The summed E-state index contributed by atoms with van der Waals surface area (Å²) in [5.41, 5.74) is 0.935. The minimum absolute atomic E-state index is 0.0386. The van der Waals surface area contributed by atoms with Crippen molar-refractivity contribution in [2.45, 2.75) is 6.92 Å². The molecule has 5 heteroatoms. The molecular formula is C11H17N3O2. The number of aromatic nitrogens is 2. The number of ketones is 1. The number of carbonyl (C=O) groups is 1. The zero-order valence-corrected chi connectivity index (χ0v) is 9.93. The minimum atomic E-state index is -0.182. The molecule has 0 aliphatic carbocycles. The van der Waals surface area contributed by atoms with E-state index in [2.05, 4.69) is 9.97 Å². The molecule has 1 aromatic heterocycles. The Kier molecular flexibility index (Phi) is 5.01. The van der Waals surface area contributed by atoms with Gasteiger partial charge in [-0.15, -0.1) is 0 Å². The van der Waals surface area contributed by atoms with Crippen molar-refractivity contribution in [3.05, 3.63) is 23.8 Å². The van der Waals surface area contributed by atoms with Gasteiger partial charge in [-0.05, 0) is 26.6 Å². The number of rotatable bonds is 6. The Morgan fingerprint density at radius 2 is 2.00 bits per heavy atom. The van der Waals surface area contributed by atoms with Gasteiger partial charge in [-0.25, -0.2) is 9.97 Å². The van der Waals surface area contributed by atoms with Crippen LogP contribution < -0.4 is 0 Å². The Balaban J connectivity index is 2.32. The van der Waals surface area contributed by atoms with Crippen molar-refractivity contribution in [3.8, 4) is 0 Å². The lowest BCUT2D eigenvalue weighted by Crippen LogP contribution is -2.21. The van der Waals surface area contributed by atoms with Crippen molar-refractivity contribution < 1.29 is 9.53 Å². The van der Waals surface area contributed by atoms with Crippen LogP contribution in [0, 0.1) is 6.92 Å². The highest BCUT2D eigenvalue weighted by Crippen LogP contribution is 1.95. The summed E-state index contributed by atoms with van der Waals surface area (Å²) in [5, 5.41) is 0. The van der Waals surface area contributed by atoms with Gasteiger partial charge in [-0.3, -0.25) is 4.79 Å². The lowest BCUT2D eigenvalue weighted by Gasteiger charge is -2.08. The van der Waals surface area contributed by atoms with Crippen LogP contribution in [0.2, 0.25) is 0 Å². The third-order valence-electron chi connectivity index (χ3n) is 1.95. The van der Waals surface area contributed by atoms with Gasteiger partial charge in [0.25, 0.3) is 0 Å². The minimum Gasteiger partial charge on any atom is -0.372 e. The first kappa shape index (κ1) is 12.7. The van der Waals surface area contributed by atoms with Gasteiger partial charge in [0.05, 0.1) is 6.61 Å². The van der Waals surface area contributed by atoms with Crippen LogP contribution in [0.1, 0.15) is 16.2 Å². The first-order valence-corrected chi connectivity index (χ1v) is 5.14. The standard InChI is InChI=1S/C11H17N3O2/c1-9-6-12-11(13-7-9)10(15)8-16-5-4-14(2)3/h6-7H,4-5,8H2,1-3H3. The molecule has 0 aromatic carbocycles. The normalized spacial score (nSPS) is 10.8. The van der Waals surface area contributed by atoms with E-state index in [1.54, 1.807) is 12.4 Å². The van der Waals surface area contributed by atoms with Gasteiger partial charge in [-0.2, -0.15) is 0 Å². The predicted octanol–water partition coefficient (Wildman–Crippen LogP) is 0.546. The Morgan fingerprint density at radius 1 is 1.38 bits per heavy atom. The molecule has 0 amide bonds. The van der Waals surface area contributed by atoms with Gasteiger partial charge in [0.1, 0.15) is 6.61 Å². The van der Waals surface area contributed by atoms with E-state index in [1.165, 1.54) is 0 Å². The molecule has 0 bridgehead atoms. The summed E-state index contributed by atoms with van der Waals surface area (Å²) in [6.45, 7) is 3.24. The van der Waals surface area contributed by atoms with Gasteiger partial charge in [0.2, 0.25) is 5.78 Å². The number of carbonyl (C=O) groups excluding carboxylic acids is 1. The second-order valence-electron chi connectivity index (χ2n) is 3.86. The highest BCUT2D eigenvalue weighted by molar-refractivity contribution is 5.93. The molecule has 1 aromatic rings. The Hall–Kier alpha value is -1.33. The fourth-order valence-electron chi connectivity index (χ4n) is 1.01. The highest BCUT2D eigenvalue weighted by atomic mass is 16.5. The quantitative estimate of drug-likeness (QED) is 0.520. The number of Topliss-reactive ketones (excluding diaryl/α,β-unsaturated/α-hetero) is 1. The lowest BCUT2D eigenvalue weighted by molar-refractivity contribution is 0.0720. The van der Waals surface area contributed by atoms with Crippen molar-refractivity contribution in [1.82, 2.24) is 14.9 Å². The predicted molar refractivity (Wildman–Crippen MR) is 60.5 cm³/mol. The Bertz CT molecular complexity index is 336. The Labute approximate surface area is 95.5 Å². The summed E-state index contributed by atoms with van der Waals surface area (Å²) in [7, 11) is 3.91. The second kappa shape index (κ2) is 6.30. The van der Waals surface area contributed by atoms with E-state index >= 15 is 0 Å². The first-order chi connectivity index (χ1) is 7.59. The molecule has 0 atom stereocenters. The molecule has 1 heterocycles. The largest absolute Gasteiger partial charge is 0.372 e. The Morgan fingerprint density at radius 3 is 2.56 bits per heavy atom. The molecule has 0 fully saturated rings. The van der Waals surface area contributed by atoms with Crippen LogP contribution in [-0.2, 0) is 4.74 Å². The maximum absolute atomic E-state index is 11.5. The maximum Gasteiger partial charge on any atom is 0.225 e. The molecule has 88 valence electrons. The molecule has 0 aliphatic rings. The van der Waals surface area contributed by atoms with Gasteiger partial charge in [0, 0.05) is 18.9 Å². The third-order valence-corrected chi connectivity index (χ3v) is 1.95. The van der Waals surface area contributed by atoms with Crippen LogP contribution in [0.3, 0.4) is 0 Å². The van der Waals surface area contributed by atoms with E-state index in [-0.39, 0.29) is 18.2 Å². The molecule has 0 N–H and O–H groups in total. The van der Waals surface area contributed by atoms with E-state index < -0.39 is 0 Å². The second-order valence-corrected chi connectivity index (χ2v) is 3.86. The monoisotopic (exact) mass is 223 g/mol. The van der Waals surface area contributed by atoms with Crippen molar-refractivity contribution in [2.24, 2.45) is 0 Å². The van der Waals surface area contributed by atoms with Crippen LogP contribution in [0.5, 0.6) is 0 Å². The van der Waals surface area contributed by atoms with Crippen molar-refractivity contribution >= 4 is 5.78 Å². The van der Waals surface area contributed by atoms with Gasteiger partial charge < -0.3 is 9.64 Å². The summed E-state index contributed by atoms with van der Waals surface area (Å²) in [6, 6.07) is 0. The number of aryl methyl sites for hydroxylation is 1. The van der Waals surface area contributed by atoms with Gasteiger partial charge in [0.15, 0.2) is 5.82 Å². The molecule has 0 aliphatic heterocycles. The summed E-state index contributed by atoms with van der Waals surface area (Å²) in [4.78, 5) is 21.4. The molecule has 0 unspecified atom stereocenters. The van der Waals surface area contributed by atoms with Crippen molar-refractivity contribution in [1.29, 1.82) is 0 Å². The zero-order chi connectivity index (χ0) is 12.0. The van der Waals surface area contributed by atoms with Crippen LogP contribution in [-0.4, -0.2) is 54.5 Å². The molecule has 1 rings (SSSR count). The van der Waals surface area contributed by atoms with Crippen molar-refractivity contribution in [3.63, 3.8) is 0 Å². The average Bonchev–Trinajstić information content (AvgIpc) is 2.25. The molecule has 0 radical (unpaired) electrons. The zero-order valence-electron chi connectivity index (χ0n) is 9.93. The van der Waals surface area contributed by atoms with E-state index in [9.17, 15) is 4.79 Å². The molecule has 0 spiro atoms. The highest BCUT2D eigenvalue weighted by Gasteiger charge is 2.08. The summed E-state index contributed by atoms with van der Waals surface area (Å²) < 4.78 is 5.22. The van der Waals surface area contributed by atoms with Crippen LogP contribution in [0.4, 0.5) is 0 Å². The topological polar surface area (TPSA) is 55.3 Å². The molecule has 5 nitrogen and oxygen atoms in total. The number of ether oxygens (including phenoxy) is 1. The summed E-state index contributed by atoms with van der Waals surface area (Å²) in [6.07, 6.45) is 3.25. The summed E-state index contributed by atoms with van der Waals surface area (Å²) >= 11 is 0. The van der Waals surface area contributed by atoms with Crippen LogP contribution in [0.25, 0.3) is 0 Å². The van der Waals surface area contributed by atoms with E-state index in [0.29, 0.717) is 6.61 Å². The smallest absolute Gasteiger partial charge is 0.225 e. The fraction of sp³-hybridized carbons (Fsp3) is 0.545. The third kappa shape index (κ3) is 4.46. The SMILES string of the molecule is Cc1cnc(C(=O)COCCN(C)C)nc1. The van der Waals surface area contributed by atoms with Gasteiger partial charge in [-0.1, -0.05) is 0 Å². The number of hydrogen-bond acceptors (Lipinski definition) is 5. The average molecular weight is 223 g/mol. The number of hydrogen-bond donors (Lipinski definition) is 0.